The van der Waals surface area contributed by atoms with E-state index in [1.807, 2.05) is 6.07 Å². The maximum absolute atomic E-state index is 8.36. The Morgan fingerprint density at radius 3 is 2.07 bits per heavy atom. The summed E-state index contributed by atoms with van der Waals surface area (Å²) in [6, 6.07) is 10.5. The monoisotopic (exact) mass is 240 g/mol. The Morgan fingerprint density at radius 1 is 1.33 bits per heavy atom. The molecule has 0 amide bonds. The Morgan fingerprint density at radius 2 is 1.73 bits per heavy atom. The van der Waals surface area contributed by atoms with Crippen LogP contribution in [0.5, 0.6) is 0 Å². The van der Waals surface area contributed by atoms with Crippen LogP contribution in [-0.2, 0) is 6.54 Å². The second-order valence-corrected chi connectivity index (χ2v) is 2.96. The Labute approximate surface area is 119 Å². The van der Waals surface area contributed by atoms with Crippen LogP contribution >= 0.6 is 0 Å². The zero-order chi connectivity index (χ0) is 11.0. The van der Waals surface area contributed by atoms with E-state index in [-0.39, 0.29) is 37.7 Å². The van der Waals surface area contributed by atoms with Crippen molar-refractivity contribution < 1.29 is 10.3 Å². The quantitative estimate of drug-likeness (QED) is 0.464. The standard InChI is InChI=1S/C9H13N.Ca.HNO3.2H/c1-10(2)8-9-6-4-3-5-7-9;;2-1(3)4;;/h3-7H,8H2,1-2H3;;(H,2,3,4);;. The number of hydrogen-bond donors (Lipinski definition) is 1. The van der Waals surface area contributed by atoms with Crippen LogP contribution < -0.4 is 0 Å². The molecular weight excluding hydrogens is 224 g/mol. The van der Waals surface area contributed by atoms with E-state index in [9.17, 15) is 0 Å². The van der Waals surface area contributed by atoms with Crippen LogP contribution in [0, 0.1) is 10.1 Å². The van der Waals surface area contributed by atoms with Gasteiger partial charge in [0.1, 0.15) is 0 Å². The number of nitrogens with zero attached hydrogens (tertiary/aromatic N) is 2. The van der Waals surface area contributed by atoms with E-state index in [1.54, 1.807) is 0 Å². The molecule has 1 aromatic carbocycles. The summed E-state index contributed by atoms with van der Waals surface area (Å²) in [5.74, 6) is 0. The van der Waals surface area contributed by atoms with Crippen molar-refractivity contribution in [2.75, 3.05) is 14.1 Å². The van der Waals surface area contributed by atoms with Crippen LogP contribution in [0.2, 0.25) is 0 Å². The van der Waals surface area contributed by atoms with Gasteiger partial charge in [0.15, 0.2) is 0 Å². The summed E-state index contributed by atoms with van der Waals surface area (Å²) in [7, 11) is 4.15. The summed E-state index contributed by atoms with van der Waals surface area (Å²) in [6.45, 7) is 1.03. The van der Waals surface area contributed by atoms with Crippen LogP contribution in [0.15, 0.2) is 30.3 Å². The molecule has 0 atom stereocenters. The van der Waals surface area contributed by atoms with Crippen molar-refractivity contribution >= 4 is 37.7 Å². The minimum absolute atomic E-state index is 0. The fourth-order valence-electron chi connectivity index (χ4n) is 0.949. The third-order valence-electron chi connectivity index (χ3n) is 1.34. The Kier molecular flexibility index (Phi) is 11.6. The average Bonchev–Trinajstić information content (AvgIpc) is 2.03. The molecule has 15 heavy (non-hydrogen) atoms. The third kappa shape index (κ3) is 13.6. The van der Waals surface area contributed by atoms with Crippen molar-refractivity contribution in [3.05, 3.63) is 46.0 Å². The van der Waals surface area contributed by atoms with Crippen LogP contribution in [0.1, 0.15) is 5.56 Å². The van der Waals surface area contributed by atoms with Crippen molar-refractivity contribution in [1.82, 2.24) is 4.90 Å². The molecule has 0 aliphatic rings. The van der Waals surface area contributed by atoms with Gasteiger partial charge in [0.25, 0.3) is 5.09 Å². The molecule has 5 nitrogen and oxygen atoms in total. The van der Waals surface area contributed by atoms with Gasteiger partial charge in [-0.15, -0.1) is 10.1 Å². The Hall–Kier alpha value is -0.360. The average molecular weight is 240 g/mol. The summed E-state index contributed by atoms with van der Waals surface area (Å²) in [6.07, 6.45) is 0. The van der Waals surface area contributed by atoms with Gasteiger partial charge in [-0.3, -0.25) is 0 Å². The van der Waals surface area contributed by atoms with Gasteiger partial charge in [0, 0.05) is 6.54 Å². The van der Waals surface area contributed by atoms with Crippen LogP contribution in [-0.4, -0.2) is 67.0 Å². The predicted octanol–water partition coefficient (Wildman–Crippen LogP) is 0.484. The van der Waals surface area contributed by atoms with Gasteiger partial charge in [-0.2, -0.15) is 0 Å². The predicted molar refractivity (Wildman–Crippen MR) is 61.2 cm³/mol. The molecule has 0 aliphatic carbocycles. The molecule has 0 spiro atoms. The molecule has 82 valence electrons. The van der Waals surface area contributed by atoms with Gasteiger partial charge in [-0.05, 0) is 19.7 Å². The van der Waals surface area contributed by atoms with Gasteiger partial charge < -0.3 is 10.1 Å². The van der Waals surface area contributed by atoms with E-state index in [0.717, 1.165) is 6.54 Å². The normalized spacial score (nSPS) is 8.47. The molecule has 0 aliphatic heterocycles. The first kappa shape index (κ1) is 17.0. The van der Waals surface area contributed by atoms with Gasteiger partial charge in [0.05, 0.1) is 0 Å². The molecule has 6 heteroatoms. The molecule has 1 rings (SSSR count). The second-order valence-electron chi connectivity index (χ2n) is 2.96. The van der Waals surface area contributed by atoms with E-state index in [1.165, 1.54) is 5.56 Å². The molecule has 0 saturated carbocycles. The first-order valence-corrected chi connectivity index (χ1v) is 4.04. The molecule has 0 bridgehead atoms. The zero-order valence-electron chi connectivity index (χ0n) is 8.25. The summed E-state index contributed by atoms with van der Waals surface area (Å²) in [5, 5.41) is 13.6. The van der Waals surface area contributed by atoms with E-state index >= 15 is 0 Å². The molecule has 0 fully saturated rings. The number of rotatable bonds is 2. The molecule has 0 radical (unpaired) electrons. The first-order chi connectivity index (χ1) is 6.52. The fraction of sp³-hybridized carbons (Fsp3) is 0.333. The van der Waals surface area contributed by atoms with E-state index < -0.39 is 5.09 Å². The third-order valence-corrected chi connectivity index (χ3v) is 1.34. The molecule has 0 saturated heterocycles. The van der Waals surface area contributed by atoms with Gasteiger partial charge in [-0.25, -0.2) is 0 Å². The van der Waals surface area contributed by atoms with E-state index in [4.69, 9.17) is 15.3 Å². The van der Waals surface area contributed by atoms with Gasteiger partial charge in [-0.1, -0.05) is 30.3 Å². The van der Waals surface area contributed by atoms with Crippen LogP contribution in [0.3, 0.4) is 0 Å². The van der Waals surface area contributed by atoms with Crippen molar-refractivity contribution in [2.24, 2.45) is 0 Å². The van der Waals surface area contributed by atoms with Crippen molar-refractivity contribution in [3.63, 3.8) is 0 Å². The number of benzene rings is 1. The van der Waals surface area contributed by atoms with Crippen molar-refractivity contribution in [1.29, 1.82) is 0 Å². The zero-order valence-corrected chi connectivity index (χ0v) is 8.25. The molecule has 1 N–H and O–H groups in total. The molecule has 1 aromatic rings. The molecule has 0 unspecified atom stereocenters. The topological polar surface area (TPSA) is 66.6 Å². The van der Waals surface area contributed by atoms with Crippen molar-refractivity contribution in [3.8, 4) is 0 Å². The molecule has 0 aromatic heterocycles. The summed E-state index contributed by atoms with van der Waals surface area (Å²) in [5.41, 5.74) is 1.37. The van der Waals surface area contributed by atoms with Crippen LogP contribution in [0.4, 0.5) is 0 Å². The molecule has 0 heterocycles. The summed E-state index contributed by atoms with van der Waals surface area (Å²) in [4.78, 5) is 10.5. The van der Waals surface area contributed by atoms with Crippen LogP contribution in [0.25, 0.3) is 0 Å². The van der Waals surface area contributed by atoms with E-state index in [2.05, 4.69) is 43.3 Å². The maximum atomic E-state index is 8.36. The molecular formula is C9H16CaN2O3. The Bertz CT molecular complexity index is 263. The minimum atomic E-state index is -1.50. The summed E-state index contributed by atoms with van der Waals surface area (Å²) >= 11 is 0. The Balaban J connectivity index is 0. The SMILES string of the molecule is CN(C)Cc1ccccc1.O=[N+]([O-])O.[CaH2]. The van der Waals surface area contributed by atoms with Gasteiger partial charge >= 0.3 is 37.7 Å². The summed E-state index contributed by atoms with van der Waals surface area (Å²) < 4.78 is 0. The number of hydrogen-bond acceptors (Lipinski definition) is 3. The van der Waals surface area contributed by atoms with E-state index in [0.29, 0.717) is 0 Å². The second kappa shape index (κ2) is 10.2. The fourth-order valence-corrected chi connectivity index (χ4v) is 0.949. The van der Waals surface area contributed by atoms with Crippen molar-refractivity contribution in [2.45, 2.75) is 6.54 Å². The van der Waals surface area contributed by atoms with Gasteiger partial charge in [0.2, 0.25) is 0 Å². The first-order valence-electron chi connectivity index (χ1n) is 4.04.